The van der Waals surface area contributed by atoms with Gasteiger partial charge in [0, 0.05) is 0 Å². The second kappa shape index (κ2) is 2.45. The molecule has 2 aromatic heterocycles. The van der Waals surface area contributed by atoms with E-state index in [4.69, 9.17) is 0 Å². The van der Waals surface area contributed by atoms with Crippen molar-refractivity contribution in [3.8, 4) is 0 Å². The van der Waals surface area contributed by atoms with Crippen molar-refractivity contribution in [1.82, 2.24) is 19.8 Å². The highest BCUT2D eigenvalue weighted by atomic mass is 15.8. The van der Waals surface area contributed by atoms with Crippen molar-refractivity contribution in [3.05, 3.63) is 36.9 Å². The van der Waals surface area contributed by atoms with E-state index in [0.29, 0.717) is 0 Å². The summed E-state index contributed by atoms with van der Waals surface area (Å²) in [6, 6.07) is 3.66. The first-order valence-electron chi connectivity index (χ1n) is 3.21. The van der Waals surface area contributed by atoms with Crippen molar-refractivity contribution in [2.45, 2.75) is 0 Å². The van der Waals surface area contributed by atoms with Crippen molar-refractivity contribution in [2.75, 3.05) is 5.53 Å². The third kappa shape index (κ3) is 1.21. The molecule has 0 aromatic carbocycles. The lowest BCUT2D eigenvalue weighted by molar-refractivity contribution is 0.618. The SMILES string of the molecule is c1cnn(Nn2cccn2)c1. The Balaban J connectivity index is 2.14. The summed E-state index contributed by atoms with van der Waals surface area (Å²) in [6.45, 7) is 0. The number of aromatic nitrogens is 4. The van der Waals surface area contributed by atoms with E-state index >= 15 is 0 Å². The molecule has 0 fully saturated rings. The molecule has 0 radical (unpaired) electrons. The van der Waals surface area contributed by atoms with Gasteiger partial charge in [-0.3, -0.25) is 0 Å². The molecule has 2 rings (SSSR count). The molecule has 0 aliphatic carbocycles. The molecule has 11 heavy (non-hydrogen) atoms. The average molecular weight is 149 g/mol. The van der Waals surface area contributed by atoms with Crippen LogP contribution < -0.4 is 5.53 Å². The van der Waals surface area contributed by atoms with Crippen LogP contribution in [0.25, 0.3) is 0 Å². The molecule has 0 bridgehead atoms. The molecule has 0 aliphatic rings. The predicted octanol–water partition coefficient (Wildman–Crippen LogP) is 0.0864. The fraction of sp³-hybridized carbons (Fsp3) is 0. The molecule has 1 N–H and O–H groups in total. The maximum Gasteiger partial charge on any atom is 0.0511 e. The first-order chi connectivity index (χ1) is 5.45. The highest BCUT2D eigenvalue weighted by Crippen LogP contribution is 1.81. The Morgan fingerprint density at radius 1 is 0.909 bits per heavy atom. The van der Waals surface area contributed by atoms with Crippen LogP contribution in [0.15, 0.2) is 36.9 Å². The smallest absolute Gasteiger partial charge is 0.0511 e. The van der Waals surface area contributed by atoms with Gasteiger partial charge in [0.2, 0.25) is 0 Å². The molecule has 2 heterocycles. The van der Waals surface area contributed by atoms with Crippen LogP contribution in [0.3, 0.4) is 0 Å². The summed E-state index contributed by atoms with van der Waals surface area (Å²) in [5, 5.41) is 7.87. The Hall–Kier alpha value is -1.78. The van der Waals surface area contributed by atoms with Crippen LogP contribution in [0.4, 0.5) is 0 Å². The van der Waals surface area contributed by atoms with Gasteiger partial charge >= 0.3 is 0 Å². The minimum Gasteiger partial charge on any atom is -0.198 e. The van der Waals surface area contributed by atoms with Gasteiger partial charge in [-0.1, -0.05) is 0 Å². The van der Waals surface area contributed by atoms with E-state index in [0.717, 1.165) is 0 Å². The third-order valence-corrected chi connectivity index (χ3v) is 1.21. The van der Waals surface area contributed by atoms with E-state index in [1.54, 1.807) is 34.4 Å². The summed E-state index contributed by atoms with van der Waals surface area (Å²) in [5.41, 5.74) is 2.88. The molecule has 0 atom stereocenters. The molecular weight excluding hydrogens is 142 g/mol. The molecule has 56 valence electrons. The van der Waals surface area contributed by atoms with Crippen molar-refractivity contribution in [3.63, 3.8) is 0 Å². The third-order valence-electron chi connectivity index (χ3n) is 1.21. The Labute approximate surface area is 63.2 Å². The summed E-state index contributed by atoms with van der Waals surface area (Å²) >= 11 is 0. The van der Waals surface area contributed by atoms with Gasteiger partial charge in [-0.25, -0.2) is 0 Å². The van der Waals surface area contributed by atoms with Crippen LogP contribution in [0.2, 0.25) is 0 Å². The van der Waals surface area contributed by atoms with Crippen molar-refractivity contribution in [1.29, 1.82) is 0 Å². The zero-order valence-electron chi connectivity index (χ0n) is 5.75. The quantitative estimate of drug-likeness (QED) is 0.658. The highest BCUT2D eigenvalue weighted by Gasteiger charge is 1.87. The van der Waals surface area contributed by atoms with Gasteiger partial charge in [0.1, 0.15) is 0 Å². The van der Waals surface area contributed by atoms with Crippen LogP contribution >= 0.6 is 0 Å². The molecule has 0 saturated heterocycles. The van der Waals surface area contributed by atoms with Crippen LogP contribution in [0, 0.1) is 0 Å². The van der Waals surface area contributed by atoms with Gasteiger partial charge in [0.25, 0.3) is 0 Å². The number of nitrogens with one attached hydrogen (secondary N) is 1. The molecular formula is C6H7N5. The van der Waals surface area contributed by atoms with E-state index in [1.807, 2.05) is 12.1 Å². The highest BCUT2D eigenvalue weighted by molar-refractivity contribution is 4.84. The minimum absolute atomic E-state index is 1.56. The maximum absolute atomic E-state index is 3.94. The lowest BCUT2D eigenvalue weighted by Gasteiger charge is -2.03. The van der Waals surface area contributed by atoms with E-state index in [-0.39, 0.29) is 0 Å². The van der Waals surface area contributed by atoms with E-state index in [1.165, 1.54) is 0 Å². The predicted molar refractivity (Wildman–Crippen MR) is 39.2 cm³/mol. The average Bonchev–Trinajstić information content (AvgIpc) is 2.60. The molecule has 0 amide bonds. The zero-order chi connectivity index (χ0) is 7.52. The van der Waals surface area contributed by atoms with Crippen molar-refractivity contribution >= 4 is 0 Å². The van der Waals surface area contributed by atoms with Crippen molar-refractivity contribution < 1.29 is 0 Å². The normalized spacial score (nSPS) is 9.82. The Morgan fingerprint density at radius 3 is 1.82 bits per heavy atom. The minimum atomic E-state index is 1.56. The Morgan fingerprint density at radius 2 is 1.45 bits per heavy atom. The van der Waals surface area contributed by atoms with Crippen LogP contribution in [-0.2, 0) is 0 Å². The van der Waals surface area contributed by atoms with Crippen LogP contribution in [0.1, 0.15) is 0 Å². The number of hydrogen-bond acceptors (Lipinski definition) is 3. The summed E-state index contributed by atoms with van der Waals surface area (Å²) in [7, 11) is 0. The number of nitrogens with zero attached hydrogens (tertiary/aromatic N) is 4. The van der Waals surface area contributed by atoms with Gasteiger partial charge in [0.05, 0.1) is 24.8 Å². The molecule has 5 heteroatoms. The summed E-state index contributed by atoms with van der Waals surface area (Å²) < 4.78 is 0. The van der Waals surface area contributed by atoms with Gasteiger partial charge in [-0.05, 0) is 12.1 Å². The molecule has 2 aromatic rings. The fourth-order valence-corrected chi connectivity index (χ4v) is 0.761. The van der Waals surface area contributed by atoms with E-state index in [2.05, 4.69) is 15.7 Å². The molecule has 0 saturated carbocycles. The Bertz CT molecular complexity index is 263. The van der Waals surface area contributed by atoms with E-state index in [9.17, 15) is 0 Å². The maximum atomic E-state index is 3.94. The van der Waals surface area contributed by atoms with Gasteiger partial charge in [-0.15, -0.1) is 0 Å². The monoisotopic (exact) mass is 149 g/mol. The molecule has 0 spiro atoms. The second-order valence-corrected chi connectivity index (χ2v) is 2.00. The zero-order valence-corrected chi connectivity index (χ0v) is 5.75. The Kier molecular flexibility index (Phi) is 1.33. The lowest BCUT2D eigenvalue weighted by Crippen LogP contribution is -2.21. The standard InChI is InChI=1S/C6H7N5/c1-3-7-10(5-1)9-11-6-2-4-8-11/h1-6,9H. The number of hydrogen-bond donors (Lipinski definition) is 1. The van der Waals surface area contributed by atoms with Crippen LogP contribution in [0.5, 0.6) is 0 Å². The fourth-order valence-electron chi connectivity index (χ4n) is 0.761. The molecule has 5 nitrogen and oxygen atoms in total. The van der Waals surface area contributed by atoms with Gasteiger partial charge in [0.15, 0.2) is 0 Å². The summed E-state index contributed by atoms with van der Waals surface area (Å²) in [4.78, 5) is 3.12. The molecule has 0 aliphatic heterocycles. The first kappa shape index (κ1) is 5.96. The second-order valence-electron chi connectivity index (χ2n) is 2.00. The number of rotatable bonds is 2. The van der Waals surface area contributed by atoms with Crippen LogP contribution in [-0.4, -0.2) is 19.8 Å². The molecule has 0 unspecified atom stereocenters. The largest absolute Gasteiger partial charge is 0.198 e. The summed E-state index contributed by atoms with van der Waals surface area (Å²) in [6.07, 6.45) is 6.97. The van der Waals surface area contributed by atoms with Gasteiger partial charge in [-0.2, -0.15) is 25.3 Å². The van der Waals surface area contributed by atoms with Crippen molar-refractivity contribution in [2.24, 2.45) is 0 Å². The topological polar surface area (TPSA) is 47.7 Å². The first-order valence-corrected chi connectivity index (χ1v) is 3.21. The summed E-state index contributed by atoms with van der Waals surface area (Å²) in [5.74, 6) is 0. The lowest BCUT2D eigenvalue weighted by atomic mass is 10.8. The van der Waals surface area contributed by atoms with Gasteiger partial charge < -0.3 is 0 Å². The van der Waals surface area contributed by atoms with E-state index < -0.39 is 0 Å².